The van der Waals surface area contributed by atoms with Gasteiger partial charge in [-0.05, 0) is 6.42 Å². The van der Waals surface area contributed by atoms with Gasteiger partial charge in [0.25, 0.3) is 0 Å². The molecule has 2 rings (SSSR count). The normalized spacial score (nSPS) is 22.1. The highest BCUT2D eigenvalue weighted by Crippen LogP contribution is 2.15. The number of hydrogen-bond donors (Lipinski definition) is 2. The molecule has 82 valence electrons. The van der Waals surface area contributed by atoms with E-state index >= 15 is 0 Å². The summed E-state index contributed by atoms with van der Waals surface area (Å²) in [5.41, 5.74) is 0.770. The quantitative estimate of drug-likeness (QED) is 0.783. The van der Waals surface area contributed by atoms with Gasteiger partial charge in [0.15, 0.2) is 0 Å². The molecule has 1 aromatic rings. The number of carboxylic acid groups (broad SMARTS) is 1. The van der Waals surface area contributed by atoms with Gasteiger partial charge in [-0.15, -0.1) is 11.3 Å². The van der Waals surface area contributed by atoms with Crippen molar-refractivity contribution in [1.82, 2.24) is 9.88 Å². The lowest BCUT2D eigenvalue weighted by Crippen LogP contribution is -2.21. The summed E-state index contributed by atoms with van der Waals surface area (Å²) in [6, 6.07) is 0. The summed E-state index contributed by atoms with van der Waals surface area (Å²) in [5, 5.41) is 19.9. The van der Waals surface area contributed by atoms with Gasteiger partial charge in [-0.1, -0.05) is 0 Å². The number of carboxylic acids is 1. The Morgan fingerprint density at radius 2 is 2.53 bits per heavy atom. The molecule has 5 nitrogen and oxygen atoms in total. The van der Waals surface area contributed by atoms with Crippen LogP contribution in [0.15, 0.2) is 5.38 Å². The fourth-order valence-electron chi connectivity index (χ4n) is 1.66. The van der Waals surface area contributed by atoms with Crippen molar-refractivity contribution in [2.45, 2.75) is 19.1 Å². The number of aromatic carboxylic acids is 1. The molecule has 0 bridgehead atoms. The average molecular weight is 228 g/mol. The first-order valence-electron chi connectivity index (χ1n) is 4.73. The second-order valence-electron chi connectivity index (χ2n) is 3.63. The van der Waals surface area contributed by atoms with E-state index in [1.165, 1.54) is 0 Å². The predicted octanol–water partition coefficient (Wildman–Crippen LogP) is 0.408. The third kappa shape index (κ3) is 2.53. The number of β-amino-alcohol motifs (C(OH)–C–C–N with tert-alkyl or cyclic N) is 1. The van der Waals surface area contributed by atoms with Gasteiger partial charge in [-0.2, -0.15) is 0 Å². The summed E-state index contributed by atoms with van der Waals surface area (Å²) in [7, 11) is 0. The number of rotatable bonds is 3. The number of likely N-dealkylation sites (tertiary alicyclic amines) is 1. The van der Waals surface area contributed by atoms with Crippen LogP contribution in [0.2, 0.25) is 0 Å². The fraction of sp³-hybridized carbons (Fsp3) is 0.556. The zero-order valence-corrected chi connectivity index (χ0v) is 8.90. The van der Waals surface area contributed by atoms with Gasteiger partial charge < -0.3 is 10.2 Å². The Bertz CT molecular complexity index is 366. The smallest absolute Gasteiger partial charge is 0.365 e. The lowest BCUT2D eigenvalue weighted by Gasteiger charge is -2.12. The molecule has 1 atom stereocenters. The SMILES string of the molecule is O=C(O)c1nc(CN2CCC(O)C2)cs1. The van der Waals surface area contributed by atoms with Crippen molar-refractivity contribution in [3.05, 3.63) is 16.1 Å². The molecular weight excluding hydrogens is 216 g/mol. The molecule has 0 aromatic carbocycles. The van der Waals surface area contributed by atoms with Crippen LogP contribution in [0.25, 0.3) is 0 Å². The van der Waals surface area contributed by atoms with Crippen LogP contribution in [0.5, 0.6) is 0 Å². The maximum absolute atomic E-state index is 10.6. The average Bonchev–Trinajstić information content (AvgIpc) is 2.76. The summed E-state index contributed by atoms with van der Waals surface area (Å²) >= 11 is 1.14. The summed E-state index contributed by atoms with van der Waals surface area (Å²) in [6.07, 6.45) is 0.540. The lowest BCUT2D eigenvalue weighted by molar-refractivity contribution is 0.0696. The Morgan fingerprint density at radius 3 is 3.07 bits per heavy atom. The number of hydrogen-bond acceptors (Lipinski definition) is 5. The first kappa shape index (κ1) is 10.5. The molecule has 1 fully saturated rings. The molecule has 2 heterocycles. The molecule has 1 aromatic heterocycles. The summed E-state index contributed by atoms with van der Waals surface area (Å²) in [5.74, 6) is -0.979. The van der Waals surface area contributed by atoms with Crippen LogP contribution in [0, 0.1) is 0 Å². The molecule has 0 radical (unpaired) electrons. The Hall–Kier alpha value is -0.980. The van der Waals surface area contributed by atoms with E-state index in [2.05, 4.69) is 9.88 Å². The van der Waals surface area contributed by atoms with Gasteiger partial charge in [0.05, 0.1) is 11.8 Å². The zero-order valence-electron chi connectivity index (χ0n) is 8.09. The summed E-state index contributed by atoms with van der Waals surface area (Å²) in [6.45, 7) is 2.13. The zero-order chi connectivity index (χ0) is 10.8. The Labute approximate surface area is 91.0 Å². The molecule has 6 heteroatoms. The first-order chi connectivity index (χ1) is 7.15. The molecule has 0 aliphatic carbocycles. The van der Waals surface area contributed by atoms with E-state index in [-0.39, 0.29) is 11.1 Å². The number of aromatic nitrogens is 1. The lowest BCUT2D eigenvalue weighted by atomic mass is 10.3. The predicted molar refractivity (Wildman–Crippen MR) is 55.0 cm³/mol. The van der Waals surface area contributed by atoms with E-state index in [0.717, 1.165) is 30.0 Å². The number of aliphatic hydroxyl groups excluding tert-OH is 1. The van der Waals surface area contributed by atoms with Crippen molar-refractivity contribution in [3.8, 4) is 0 Å². The third-order valence-corrected chi connectivity index (χ3v) is 3.25. The third-order valence-electron chi connectivity index (χ3n) is 2.37. The van der Waals surface area contributed by atoms with E-state index in [4.69, 9.17) is 5.11 Å². The van der Waals surface area contributed by atoms with E-state index in [1.807, 2.05) is 0 Å². The van der Waals surface area contributed by atoms with Crippen LogP contribution in [0.1, 0.15) is 21.9 Å². The molecule has 2 N–H and O–H groups in total. The van der Waals surface area contributed by atoms with Crippen molar-refractivity contribution in [1.29, 1.82) is 0 Å². The highest BCUT2D eigenvalue weighted by molar-refractivity contribution is 7.11. The molecule has 0 spiro atoms. The van der Waals surface area contributed by atoms with Gasteiger partial charge in [0, 0.05) is 25.0 Å². The van der Waals surface area contributed by atoms with Gasteiger partial charge in [0.1, 0.15) is 0 Å². The van der Waals surface area contributed by atoms with Crippen LogP contribution in [-0.4, -0.2) is 45.3 Å². The standard InChI is InChI=1S/C9H12N2O3S/c12-7-1-2-11(4-7)3-6-5-15-8(10-6)9(13)14/h5,7,12H,1-4H2,(H,13,14). The molecule has 1 aliphatic heterocycles. The van der Waals surface area contributed by atoms with Crippen LogP contribution >= 0.6 is 11.3 Å². The number of carbonyl (C=O) groups is 1. The molecule has 0 saturated carbocycles. The maximum atomic E-state index is 10.6. The van der Waals surface area contributed by atoms with Crippen molar-refractivity contribution in [3.63, 3.8) is 0 Å². The number of aliphatic hydroxyl groups is 1. The minimum Gasteiger partial charge on any atom is -0.476 e. The monoisotopic (exact) mass is 228 g/mol. The van der Waals surface area contributed by atoms with Crippen molar-refractivity contribution in [2.75, 3.05) is 13.1 Å². The minimum atomic E-state index is -0.979. The molecule has 0 amide bonds. The van der Waals surface area contributed by atoms with Crippen LogP contribution in [0.4, 0.5) is 0 Å². The van der Waals surface area contributed by atoms with Crippen molar-refractivity contribution >= 4 is 17.3 Å². The largest absolute Gasteiger partial charge is 0.476 e. The van der Waals surface area contributed by atoms with E-state index in [1.54, 1.807) is 5.38 Å². The van der Waals surface area contributed by atoms with E-state index < -0.39 is 5.97 Å². The number of thiazole rings is 1. The Kier molecular flexibility index (Phi) is 2.99. The molecular formula is C9H12N2O3S. The van der Waals surface area contributed by atoms with Crippen molar-refractivity contribution in [2.24, 2.45) is 0 Å². The van der Waals surface area contributed by atoms with Crippen molar-refractivity contribution < 1.29 is 15.0 Å². The highest BCUT2D eigenvalue weighted by Gasteiger charge is 2.21. The van der Waals surface area contributed by atoms with E-state index in [0.29, 0.717) is 13.1 Å². The maximum Gasteiger partial charge on any atom is 0.365 e. The van der Waals surface area contributed by atoms with Gasteiger partial charge in [0.2, 0.25) is 5.01 Å². The molecule has 1 unspecified atom stereocenters. The summed E-state index contributed by atoms with van der Waals surface area (Å²) in [4.78, 5) is 16.7. The molecule has 1 aliphatic rings. The second kappa shape index (κ2) is 4.26. The topological polar surface area (TPSA) is 73.7 Å². The van der Waals surface area contributed by atoms with Crippen LogP contribution in [-0.2, 0) is 6.54 Å². The second-order valence-corrected chi connectivity index (χ2v) is 4.48. The van der Waals surface area contributed by atoms with Gasteiger partial charge >= 0.3 is 5.97 Å². The van der Waals surface area contributed by atoms with Crippen LogP contribution in [0.3, 0.4) is 0 Å². The van der Waals surface area contributed by atoms with Crippen LogP contribution < -0.4 is 0 Å². The molecule has 15 heavy (non-hydrogen) atoms. The highest BCUT2D eigenvalue weighted by atomic mass is 32.1. The van der Waals surface area contributed by atoms with Gasteiger partial charge in [-0.3, -0.25) is 4.90 Å². The van der Waals surface area contributed by atoms with E-state index in [9.17, 15) is 9.90 Å². The fourth-order valence-corrected chi connectivity index (χ4v) is 2.31. The Morgan fingerprint density at radius 1 is 1.73 bits per heavy atom. The van der Waals surface area contributed by atoms with Gasteiger partial charge in [-0.25, -0.2) is 9.78 Å². The number of nitrogens with zero attached hydrogens (tertiary/aromatic N) is 2. The Balaban J connectivity index is 1.96. The first-order valence-corrected chi connectivity index (χ1v) is 5.61. The molecule has 1 saturated heterocycles. The summed E-state index contributed by atoms with van der Waals surface area (Å²) < 4.78 is 0. The minimum absolute atomic E-state index is 0.129.